The number of nitrogens with one attached hydrogen (secondary N) is 1. The molecule has 0 fully saturated rings. The molecule has 0 amide bonds. The van der Waals surface area contributed by atoms with Crippen LogP contribution in [0.3, 0.4) is 0 Å². The van der Waals surface area contributed by atoms with Crippen LogP contribution in [-0.2, 0) is 6.42 Å². The van der Waals surface area contributed by atoms with Gasteiger partial charge < -0.3 is 14.8 Å². The van der Waals surface area contributed by atoms with E-state index < -0.39 is 5.97 Å². The van der Waals surface area contributed by atoms with Gasteiger partial charge in [0.15, 0.2) is 0 Å². The Bertz CT molecular complexity index is 1300. The van der Waals surface area contributed by atoms with Crippen molar-refractivity contribution < 1.29 is 14.3 Å². The second-order valence-electron chi connectivity index (χ2n) is 7.37. The van der Waals surface area contributed by atoms with Crippen molar-refractivity contribution in [2.24, 2.45) is 4.99 Å². The maximum absolute atomic E-state index is 12.2. The molecule has 0 unspecified atom stereocenters. The number of carboxylic acid groups (broad SMARTS) is 1. The monoisotopic (exact) mass is 414 g/mol. The summed E-state index contributed by atoms with van der Waals surface area (Å²) in [6.07, 6.45) is 0.726. The number of fused-ring (bicyclic) bond motifs is 2. The Kier molecular flexibility index (Phi) is 5.76. The molecule has 4 rings (SSSR count). The topological polar surface area (TPSA) is 74.8 Å². The molecule has 0 atom stereocenters. The molecule has 2 aromatic rings. The van der Waals surface area contributed by atoms with E-state index in [0.717, 1.165) is 51.7 Å². The van der Waals surface area contributed by atoms with Crippen LogP contribution >= 0.6 is 0 Å². The molecular formula is C26H26N2O3. The third kappa shape index (κ3) is 3.79. The van der Waals surface area contributed by atoms with Gasteiger partial charge in [0.25, 0.3) is 0 Å². The van der Waals surface area contributed by atoms with Gasteiger partial charge in [-0.2, -0.15) is 0 Å². The third-order valence-corrected chi connectivity index (χ3v) is 5.44. The minimum absolute atomic E-state index is 0.297. The Morgan fingerprint density at radius 3 is 2.58 bits per heavy atom. The van der Waals surface area contributed by atoms with Gasteiger partial charge in [0.05, 0.1) is 10.9 Å². The molecule has 0 radical (unpaired) electrons. The van der Waals surface area contributed by atoms with Crippen LogP contribution < -0.4 is 10.7 Å². The zero-order valence-electron chi connectivity index (χ0n) is 18.0. The number of carboxylic acids is 1. The van der Waals surface area contributed by atoms with Gasteiger partial charge in [-0.25, -0.2) is 4.79 Å². The number of carbonyl (C=O) groups is 1. The maximum atomic E-state index is 12.2. The normalized spacial score (nSPS) is 11.9. The van der Waals surface area contributed by atoms with Crippen molar-refractivity contribution in [1.82, 2.24) is 0 Å². The summed E-state index contributed by atoms with van der Waals surface area (Å²) in [7, 11) is 0. The van der Waals surface area contributed by atoms with Crippen LogP contribution in [-0.4, -0.2) is 24.2 Å². The van der Waals surface area contributed by atoms with Crippen molar-refractivity contribution >= 4 is 22.6 Å². The lowest BCUT2D eigenvalue weighted by molar-refractivity contribution is 0.0697. The molecule has 1 aliphatic carbocycles. The quantitative estimate of drug-likeness (QED) is 0.390. The Morgan fingerprint density at radius 1 is 1.03 bits per heavy atom. The maximum Gasteiger partial charge on any atom is 0.336 e. The Labute approximate surface area is 181 Å². The van der Waals surface area contributed by atoms with Crippen LogP contribution in [0.4, 0.5) is 5.69 Å². The van der Waals surface area contributed by atoms with Crippen LogP contribution in [0, 0.1) is 0 Å². The molecule has 0 saturated carbocycles. The number of rotatable bonds is 6. The van der Waals surface area contributed by atoms with E-state index in [2.05, 4.69) is 10.3 Å². The van der Waals surface area contributed by atoms with Crippen LogP contribution in [0.15, 0.2) is 64.0 Å². The molecule has 0 aromatic heterocycles. The summed E-state index contributed by atoms with van der Waals surface area (Å²) >= 11 is 0. The largest absolute Gasteiger partial charge is 0.478 e. The highest BCUT2D eigenvalue weighted by Gasteiger charge is 2.23. The van der Waals surface area contributed by atoms with Crippen molar-refractivity contribution in [2.45, 2.75) is 27.2 Å². The van der Waals surface area contributed by atoms with Gasteiger partial charge in [-0.15, -0.1) is 0 Å². The smallest absolute Gasteiger partial charge is 0.336 e. The van der Waals surface area contributed by atoms with Crippen LogP contribution in [0.2, 0.25) is 0 Å². The minimum atomic E-state index is -0.936. The number of aromatic carboxylic acids is 1. The van der Waals surface area contributed by atoms with Gasteiger partial charge in [0.1, 0.15) is 11.3 Å². The number of anilines is 1. The van der Waals surface area contributed by atoms with Crippen molar-refractivity contribution in [3.8, 4) is 22.5 Å². The highest BCUT2D eigenvalue weighted by Crippen LogP contribution is 2.43. The average Bonchev–Trinajstić information content (AvgIpc) is 2.77. The molecule has 0 bridgehead atoms. The molecule has 2 aliphatic rings. The van der Waals surface area contributed by atoms with Gasteiger partial charge in [0.2, 0.25) is 0 Å². The first-order chi connectivity index (χ1) is 15.1. The minimum Gasteiger partial charge on any atom is -0.478 e. The summed E-state index contributed by atoms with van der Waals surface area (Å²) < 4.78 is 6.31. The van der Waals surface area contributed by atoms with Gasteiger partial charge in [-0.05, 0) is 56.2 Å². The fraction of sp³-hybridized carbons (Fsp3) is 0.231. The summed E-state index contributed by atoms with van der Waals surface area (Å²) in [5.41, 5.74) is 5.47. The van der Waals surface area contributed by atoms with Crippen LogP contribution in [0.5, 0.6) is 0 Å². The summed E-state index contributed by atoms with van der Waals surface area (Å²) in [4.78, 5) is 16.7. The molecular weight excluding hydrogens is 388 g/mol. The van der Waals surface area contributed by atoms with Crippen LogP contribution in [0.25, 0.3) is 33.4 Å². The van der Waals surface area contributed by atoms with E-state index in [1.54, 1.807) is 6.07 Å². The lowest BCUT2D eigenvalue weighted by Crippen LogP contribution is -2.07. The van der Waals surface area contributed by atoms with E-state index in [4.69, 9.17) is 4.42 Å². The Morgan fingerprint density at radius 2 is 1.87 bits per heavy atom. The van der Waals surface area contributed by atoms with Gasteiger partial charge in [-0.3, -0.25) is 4.99 Å². The second kappa shape index (κ2) is 8.64. The van der Waals surface area contributed by atoms with Gasteiger partial charge in [-0.1, -0.05) is 19.1 Å². The molecule has 5 nitrogen and oxygen atoms in total. The van der Waals surface area contributed by atoms with E-state index in [9.17, 15) is 9.90 Å². The van der Waals surface area contributed by atoms with E-state index in [1.807, 2.05) is 69.3 Å². The van der Waals surface area contributed by atoms with Crippen molar-refractivity contribution in [1.29, 1.82) is 0 Å². The number of benzene rings is 3. The highest BCUT2D eigenvalue weighted by molar-refractivity contribution is 6.08. The predicted molar refractivity (Wildman–Crippen MR) is 125 cm³/mol. The molecule has 2 aromatic carbocycles. The first-order valence-corrected chi connectivity index (χ1v) is 10.7. The Balaban J connectivity index is 2.18. The number of aryl methyl sites for hydroxylation is 1. The van der Waals surface area contributed by atoms with E-state index >= 15 is 0 Å². The van der Waals surface area contributed by atoms with E-state index in [0.29, 0.717) is 23.5 Å². The lowest BCUT2D eigenvalue weighted by Gasteiger charge is -2.19. The SMILES string of the molecule is CCN=c1ccc2c(-c3c(CC)cccc3C(=O)O)c3ccc(NCC)cc3oc-2c1. The highest BCUT2D eigenvalue weighted by atomic mass is 16.4. The zero-order chi connectivity index (χ0) is 22.0. The first kappa shape index (κ1) is 20.7. The molecule has 0 saturated heterocycles. The van der Waals surface area contributed by atoms with Gasteiger partial charge >= 0.3 is 5.97 Å². The summed E-state index contributed by atoms with van der Waals surface area (Å²) in [5.74, 6) is -0.248. The molecule has 5 heteroatoms. The van der Waals surface area contributed by atoms with Crippen molar-refractivity contribution in [3.63, 3.8) is 0 Å². The van der Waals surface area contributed by atoms with Crippen molar-refractivity contribution in [3.05, 3.63) is 71.1 Å². The summed E-state index contributed by atoms with van der Waals surface area (Å²) in [5, 5.41) is 15.0. The van der Waals surface area contributed by atoms with E-state index in [1.165, 1.54) is 0 Å². The summed E-state index contributed by atoms with van der Waals surface area (Å²) in [6.45, 7) is 7.56. The number of hydrogen-bond donors (Lipinski definition) is 2. The second-order valence-corrected chi connectivity index (χ2v) is 7.37. The molecule has 1 aliphatic heterocycles. The standard InChI is InChI=1S/C26H26N2O3/c1-4-16-8-7-9-21(26(29)30)24(16)25-19-12-10-17(27-5-2)14-22(19)31-23-15-18(28-6-3)11-13-20(23)25/h7-15,27H,4-6H2,1-3H3,(H,29,30). The first-order valence-electron chi connectivity index (χ1n) is 10.7. The Hall–Kier alpha value is -3.60. The van der Waals surface area contributed by atoms with Crippen molar-refractivity contribution in [2.75, 3.05) is 18.4 Å². The molecule has 2 N–H and O–H groups in total. The van der Waals surface area contributed by atoms with E-state index in [-0.39, 0.29) is 0 Å². The van der Waals surface area contributed by atoms with Gasteiger partial charge in [0, 0.05) is 53.0 Å². The molecule has 0 spiro atoms. The number of hydrogen-bond acceptors (Lipinski definition) is 4. The number of nitrogens with zero attached hydrogens (tertiary/aromatic N) is 1. The zero-order valence-corrected chi connectivity index (χ0v) is 18.0. The average molecular weight is 415 g/mol. The fourth-order valence-corrected chi connectivity index (χ4v) is 4.11. The van der Waals surface area contributed by atoms with Crippen LogP contribution in [0.1, 0.15) is 36.7 Å². The predicted octanol–water partition coefficient (Wildman–Crippen LogP) is 5.82. The molecule has 1 heterocycles. The fourth-order valence-electron chi connectivity index (χ4n) is 4.11. The third-order valence-electron chi connectivity index (χ3n) is 5.44. The molecule has 158 valence electrons. The lowest BCUT2D eigenvalue weighted by atomic mass is 9.87. The summed E-state index contributed by atoms with van der Waals surface area (Å²) in [6, 6.07) is 17.3. The molecule has 31 heavy (non-hydrogen) atoms.